The molecule has 0 bridgehead atoms. The van der Waals surface area contributed by atoms with Gasteiger partial charge in [0.25, 0.3) is 5.91 Å². The van der Waals surface area contributed by atoms with Gasteiger partial charge in [0.2, 0.25) is 5.76 Å². The Labute approximate surface area is 127 Å². The molecule has 1 aromatic heterocycles. The van der Waals surface area contributed by atoms with Crippen molar-refractivity contribution in [3.63, 3.8) is 0 Å². The molecule has 21 heavy (non-hydrogen) atoms. The van der Waals surface area contributed by atoms with Crippen molar-refractivity contribution >= 4 is 28.9 Å². The smallest absolute Gasteiger partial charge is 0.294 e. The van der Waals surface area contributed by atoms with Gasteiger partial charge in [-0.25, -0.2) is 0 Å². The molecule has 0 aliphatic carbocycles. The molecule has 3 rings (SSSR count). The third-order valence-corrected chi connectivity index (χ3v) is 3.74. The SMILES string of the molecule is Cc1cc(C(=O)Nc2cc(Cl)ccc2N2CCCC2)on1. The number of nitrogens with one attached hydrogen (secondary N) is 1. The lowest BCUT2D eigenvalue weighted by atomic mass is 10.2. The predicted molar refractivity (Wildman–Crippen MR) is 82.1 cm³/mol. The number of halogens is 1. The molecular weight excluding hydrogens is 290 g/mol. The third-order valence-electron chi connectivity index (χ3n) is 3.51. The van der Waals surface area contributed by atoms with Gasteiger partial charge in [0.1, 0.15) is 0 Å². The number of rotatable bonds is 3. The van der Waals surface area contributed by atoms with Gasteiger partial charge in [-0.3, -0.25) is 4.79 Å². The van der Waals surface area contributed by atoms with Crippen molar-refractivity contribution in [1.29, 1.82) is 0 Å². The largest absolute Gasteiger partial charge is 0.370 e. The van der Waals surface area contributed by atoms with Gasteiger partial charge < -0.3 is 14.7 Å². The first-order valence-electron chi connectivity index (χ1n) is 6.92. The van der Waals surface area contributed by atoms with Crippen molar-refractivity contribution in [1.82, 2.24) is 5.16 Å². The first kappa shape index (κ1) is 13.9. The van der Waals surface area contributed by atoms with Crippen LogP contribution in [0, 0.1) is 6.92 Å². The number of carbonyl (C=O) groups is 1. The number of hydrogen-bond donors (Lipinski definition) is 1. The van der Waals surface area contributed by atoms with Crippen molar-refractivity contribution < 1.29 is 9.32 Å². The van der Waals surface area contributed by atoms with Crippen LogP contribution in [0.15, 0.2) is 28.8 Å². The Balaban J connectivity index is 1.86. The lowest BCUT2D eigenvalue weighted by molar-refractivity contribution is 0.0988. The molecule has 2 aromatic rings. The standard InChI is InChI=1S/C15H16ClN3O2/c1-10-8-14(21-18-10)15(20)17-12-9-11(16)4-5-13(12)19-6-2-3-7-19/h4-5,8-9H,2-3,6-7H2,1H3,(H,17,20). The Kier molecular flexibility index (Phi) is 3.84. The zero-order chi connectivity index (χ0) is 14.8. The van der Waals surface area contributed by atoms with Gasteiger partial charge in [0.15, 0.2) is 0 Å². The number of aromatic nitrogens is 1. The van der Waals surface area contributed by atoms with E-state index in [1.54, 1.807) is 19.1 Å². The van der Waals surface area contributed by atoms with E-state index in [-0.39, 0.29) is 11.7 Å². The maximum absolute atomic E-state index is 12.2. The van der Waals surface area contributed by atoms with E-state index in [0.717, 1.165) is 31.6 Å². The number of aryl methyl sites for hydroxylation is 1. The Bertz CT molecular complexity index is 663. The maximum Gasteiger partial charge on any atom is 0.294 e. The fourth-order valence-corrected chi connectivity index (χ4v) is 2.67. The average molecular weight is 306 g/mol. The number of anilines is 2. The molecule has 1 amide bonds. The summed E-state index contributed by atoms with van der Waals surface area (Å²) in [6.07, 6.45) is 2.33. The second kappa shape index (κ2) is 5.77. The summed E-state index contributed by atoms with van der Waals surface area (Å²) in [5.41, 5.74) is 2.36. The van der Waals surface area contributed by atoms with Gasteiger partial charge in [-0.2, -0.15) is 0 Å². The molecular formula is C15H16ClN3O2. The number of nitrogens with zero attached hydrogens (tertiary/aromatic N) is 2. The van der Waals surface area contributed by atoms with Crippen LogP contribution in [0.1, 0.15) is 29.1 Å². The summed E-state index contributed by atoms with van der Waals surface area (Å²) in [5.74, 6) is -0.127. The van der Waals surface area contributed by atoms with Crippen LogP contribution in [-0.2, 0) is 0 Å². The Morgan fingerprint density at radius 2 is 2.10 bits per heavy atom. The van der Waals surface area contributed by atoms with Crippen LogP contribution in [0.3, 0.4) is 0 Å². The number of benzene rings is 1. The van der Waals surface area contributed by atoms with Gasteiger partial charge in [-0.05, 0) is 38.0 Å². The molecule has 0 atom stereocenters. The molecule has 1 N–H and O–H groups in total. The monoisotopic (exact) mass is 305 g/mol. The van der Waals surface area contributed by atoms with Crippen molar-refractivity contribution in [2.75, 3.05) is 23.3 Å². The lowest BCUT2D eigenvalue weighted by Crippen LogP contribution is -2.21. The van der Waals surface area contributed by atoms with E-state index in [9.17, 15) is 4.79 Å². The van der Waals surface area contributed by atoms with E-state index < -0.39 is 0 Å². The van der Waals surface area contributed by atoms with Crippen LogP contribution in [-0.4, -0.2) is 24.2 Å². The van der Waals surface area contributed by atoms with Crippen LogP contribution < -0.4 is 10.2 Å². The van der Waals surface area contributed by atoms with Crippen molar-refractivity contribution in [2.24, 2.45) is 0 Å². The fraction of sp³-hybridized carbons (Fsp3) is 0.333. The van der Waals surface area contributed by atoms with Crippen LogP contribution in [0.4, 0.5) is 11.4 Å². The fourth-order valence-electron chi connectivity index (χ4n) is 2.50. The van der Waals surface area contributed by atoms with Gasteiger partial charge in [0.05, 0.1) is 17.1 Å². The molecule has 0 saturated carbocycles. The summed E-state index contributed by atoms with van der Waals surface area (Å²) in [7, 11) is 0. The molecule has 1 aliphatic rings. The van der Waals surface area contributed by atoms with Gasteiger partial charge in [-0.1, -0.05) is 16.8 Å². The summed E-state index contributed by atoms with van der Waals surface area (Å²) in [4.78, 5) is 14.4. The molecule has 1 fully saturated rings. The molecule has 1 aromatic carbocycles. The first-order chi connectivity index (χ1) is 10.1. The van der Waals surface area contributed by atoms with E-state index in [1.165, 1.54) is 0 Å². The molecule has 0 spiro atoms. The summed E-state index contributed by atoms with van der Waals surface area (Å²) in [6.45, 7) is 3.76. The van der Waals surface area contributed by atoms with Crippen LogP contribution >= 0.6 is 11.6 Å². The molecule has 2 heterocycles. The normalized spacial score (nSPS) is 14.5. The maximum atomic E-state index is 12.2. The Morgan fingerprint density at radius 1 is 1.33 bits per heavy atom. The highest BCUT2D eigenvalue weighted by Crippen LogP contribution is 2.31. The van der Waals surface area contributed by atoms with Gasteiger partial charge in [0, 0.05) is 24.2 Å². The predicted octanol–water partition coefficient (Wildman–Crippen LogP) is 3.49. The molecule has 1 aliphatic heterocycles. The minimum absolute atomic E-state index is 0.194. The summed E-state index contributed by atoms with van der Waals surface area (Å²) in [5, 5.41) is 7.17. The van der Waals surface area contributed by atoms with Crippen LogP contribution in [0.5, 0.6) is 0 Å². The molecule has 0 radical (unpaired) electrons. The second-order valence-corrected chi connectivity index (χ2v) is 5.58. The highest BCUT2D eigenvalue weighted by Gasteiger charge is 2.19. The lowest BCUT2D eigenvalue weighted by Gasteiger charge is -2.21. The van der Waals surface area contributed by atoms with E-state index in [2.05, 4.69) is 15.4 Å². The number of amides is 1. The van der Waals surface area contributed by atoms with E-state index >= 15 is 0 Å². The van der Waals surface area contributed by atoms with Crippen molar-refractivity contribution in [3.05, 3.63) is 40.7 Å². The topological polar surface area (TPSA) is 58.4 Å². The molecule has 110 valence electrons. The summed E-state index contributed by atoms with van der Waals surface area (Å²) in [6, 6.07) is 7.14. The Hall–Kier alpha value is -2.01. The highest BCUT2D eigenvalue weighted by molar-refractivity contribution is 6.31. The zero-order valence-electron chi connectivity index (χ0n) is 11.7. The number of hydrogen-bond acceptors (Lipinski definition) is 4. The second-order valence-electron chi connectivity index (χ2n) is 5.14. The van der Waals surface area contributed by atoms with E-state index in [1.807, 2.05) is 12.1 Å². The van der Waals surface area contributed by atoms with E-state index in [4.69, 9.17) is 16.1 Å². The molecule has 5 nitrogen and oxygen atoms in total. The van der Waals surface area contributed by atoms with Gasteiger partial charge >= 0.3 is 0 Å². The molecule has 6 heteroatoms. The van der Waals surface area contributed by atoms with Crippen molar-refractivity contribution in [3.8, 4) is 0 Å². The zero-order valence-corrected chi connectivity index (χ0v) is 12.5. The first-order valence-corrected chi connectivity index (χ1v) is 7.30. The summed E-state index contributed by atoms with van der Waals surface area (Å²) < 4.78 is 4.99. The minimum atomic E-state index is -0.321. The highest BCUT2D eigenvalue weighted by atomic mass is 35.5. The third kappa shape index (κ3) is 3.03. The Morgan fingerprint density at radius 3 is 2.76 bits per heavy atom. The van der Waals surface area contributed by atoms with Gasteiger partial charge in [-0.15, -0.1) is 0 Å². The number of carbonyl (C=O) groups excluding carboxylic acids is 1. The van der Waals surface area contributed by atoms with E-state index in [0.29, 0.717) is 16.4 Å². The summed E-state index contributed by atoms with van der Waals surface area (Å²) >= 11 is 6.05. The quantitative estimate of drug-likeness (QED) is 0.943. The van der Waals surface area contributed by atoms with Crippen LogP contribution in [0.25, 0.3) is 0 Å². The molecule has 1 saturated heterocycles. The minimum Gasteiger partial charge on any atom is -0.370 e. The van der Waals surface area contributed by atoms with Crippen molar-refractivity contribution in [2.45, 2.75) is 19.8 Å². The average Bonchev–Trinajstić information content (AvgIpc) is 3.10. The molecule has 0 unspecified atom stereocenters. The van der Waals surface area contributed by atoms with Crippen LogP contribution in [0.2, 0.25) is 5.02 Å².